The molecule has 2 aromatic carbocycles. The van der Waals surface area contributed by atoms with E-state index in [1.165, 1.54) is 23.4 Å². The van der Waals surface area contributed by atoms with E-state index >= 15 is 0 Å². The van der Waals surface area contributed by atoms with Gasteiger partial charge in [0.1, 0.15) is 5.75 Å². The molecule has 1 atom stereocenters. The Labute approximate surface area is 161 Å². The normalized spacial score (nSPS) is 18.2. The van der Waals surface area contributed by atoms with Gasteiger partial charge in [0.15, 0.2) is 5.78 Å². The maximum atomic E-state index is 12.9. The van der Waals surface area contributed by atoms with Crippen LogP contribution in [0.1, 0.15) is 35.7 Å². The fourth-order valence-corrected chi connectivity index (χ4v) is 4.87. The summed E-state index contributed by atoms with van der Waals surface area (Å²) in [5.74, 6) is 0.923. The van der Waals surface area contributed by atoms with Gasteiger partial charge in [-0.05, 0) is 50.5 Å². The average molecular weight is 388 g/mol. The van der Waals surface area contributed by atoms with Gasteiger partial charge in [0.25, 0.3) is 0 Å². The second kappa shape index (κ2) is 8.23. The van der Waals surface area contributed by atoms with E-state index < -0.39 is 10.0 Å². The number of sulfonamides is 1. The highest BCUT2D eigenvalue weighted by Gasteiger charge is 2.30. The van der Waals surface area contributed by atoms with Crippen LogP contribution in [0.15, 0.2) is 53.4 Å². The third-order valence-electron chi connectivity index (χ3n) is 4.95. The number of carbonyl (C=O) groups is 1. The molecule has 0 amide bonds. The molecule has 5 nitrogen and oxygen atoms in total. The van der Waals surface area contributed by atoms with Crippen LogP contribution in [0.5, 0.6) is 5.75 Å². The number of aryl methyl sites for hydroxylation is 1. The SMILES string of the molecule is CC(=O)c1ccc(S(=O)(=O)N2CCCC(COc3ccccc3C)C2)cc1. The maximum absolute atomic E-state index is 12.9. The van der Waals surface area contributed by atoms with Crippen molar-refractivity contribution in [3.05, 3.63) is 59.7 Å². The first-order chi connectivity index (χ1) is 12.9. The van der Waals surface area contributed by atoms with Crippen LogP contribution >= 0.6 is 0 Å². The Morgan fingerprint density at radius 1 is 1.15 bits per heavy atom. The van der Waals surface area contributed by atoms with Crippen LogP contribution in [0, 0.1) is 12.8 Å². The van der Waals surface area contributed by atoms with Gasteiger partial charge in [-0.15, -0.1) is 0 Å². The summed E-state index contributed by atoms with van der Waals surface area (Å²) in [7, 11) is -3.56. The predicted octanol–water partition coefficient (Wildman–Crippen LogP) is 3.68. The number of rotatable bonds is 6. The summed E-state index contributed by atoms with van der Waals surface area (Å²) in [6.07, 6.45) is 1.76. The highest BCUT2D eigenvalue weighted by molar-refractivity contribution is 7.89. The highest BCUT2D eigenvalue weighted by atomic mass is 32.2. The van der Waals surface area contributed by atoms with Gasteiger partial charge in [0.2, 0.25) is 10.0 Å². The fourth-order valence-electron chi connectivity index (χ4n) is 3.32. The largest absolute Gasteiger partial charge is 0.493 e. The Morgan fingerprint density at radius 2 is 1.85 bits per heavy atom. The lowest BCUT2D eigenvalue weighted by Crippen LogP contribution is -2.41. The molecular formula is C21H25NO4S. The summed E-state index contributed by atoms with van der Waals surface area (Å²) in [5, 5.41) is 0. The highest BCUT2D eigenvalue weighted by Crippen LogP contribution is 2.25. The van der Waals surface area contributed by atoms with Crippen molar-refractivity contribution in [2.75, 3.05) is 19.7 Å². The van der Waals surface area contributed by atoms with E-state index in [0.717, 1.165) is 24.2 Å². The van der Waals surface area contributed by atoms with Crippen LogP contribution in [0.4, 0.5) is 0 Å². The zero-order valence-electron chi connectivity index (χ0n) is 15.7. The molecule has 0 N–H and O–H groups in total. The van der Waals surface area contributed by atoms with E-state index in [1.807, 2.05) is 31.2 Å². The standard InChI is InChI=1S/C21H25NO4S/c1-16-6-3-4-8-21(16)26-15-18-7-5-13-22(14-18)27(24,25)20-11-9-19(10-12-20)17(2)23/h3-4,6,8-12,18H,5,7,13-15H2,1-2H3. The Balaban J connectivity index is 1.67. The fraction of sp³-hybridized carbons (Fsp3) is 0.381. The minimum absolute atomic E-state index is 0.0784. The molecule has 1 heterocycles. The Bertz CT molecular complexity index is 906. The van der Waals surface area contributed by atoms with E-state index in [9.17, 15) is 13.2 Å². The quantitative estimate of drug-likeness (QED) is 0.710. The first-order valence-corrected chi connectivity index (χ1v) is 10.6. The number of ketones is 1. The number of benzene rings is 2. The van der Waals surface area contributed by atoms with E-state index in [4.69, 9.17) is 4.74 Å². The molecule has 1 aliphatic heterocycles. The Morgan fingerprint density at radius 3 is 2.52 bits per heavy atom. The minimum atomic E-state index is -3.56. The van der Waals surface area contributed by atoms with Gasteiger partial charge in [-0.2, -0.15) is 4.31 Å². The van der Waals surface area contributed by atoms with Crippen LogP contribution in [0.3, 0.4) is 0 Å². The number of piperidine rings is 1. The lowest BCUT2D eigenvalue weighted by molar-refractivity contribution is 0.101. The summed E-state index contributed by atoms with van der Waals surface area (Å²) in [6, 6.07) is 14.0. The molecule has 0 aliphatic carbocycles. The Hall–Kier alpha value is -2.18. The predicted molar refractivity (Wildman–Crippen MR) is 105 cm³/mol. The van der Waals surface area contributed by atoms with Gasteiger partial charge < -0.3 is 4.74 Å². The van der Waals surface area contributed by atoms with Gasteiger partial charge in [0.05, 0.1) is 11.5 Å². The third-order valence-corrected chi connectivity index (χ3v) is 6.83. The average Bonchev–Trinajstić information content (AvgIpc) is 2.67. The second-order valence-electron chi connectivity index (χ2n) is 7.03. The number of hydrogen-bond donors (Lipinski definition) is 0. The van der Waals surface area contributed by atoms with Crippen molar-refractivity contribution in [2.45, 2.75) is 31.6 Å². The molecule has 6 heteroatoms. The first-order valence-electron chi connectivity index (χ1n) is 9.17. The van der Waals surface area contributed by atoms with Crippen LogP contribution in [-0.4, -0.2) is 38.2 Å². The first kappa shape index (κ1) is 19.6. The molecule has 0 radical (unpaired) electrons. The zero-order valence-corrected chi connectivity index (χ0v) is 16.5. The third kappa shape index (κ3) is 4.57. The summed E-state index contributed by atoms with van der Waals surface area (Å²) < 4.78 is 33.3. The van der Waals surface area contributed by atoms with E-state index in [1.54, 1.807) is 12.1 Å². The van der Waals surface area contributed by atoms with Gasteiger partial charge in [-0.25, -0.2) is 8.42 Å². The number of carbonyl (C=O) groups excluding carboxylic acids is 1. The van der Waals surface area contributed by atoms with Crippen molar-refractivity contribution < 1.29 is 17.9 Å². The lowest BCUT2D eigenvalue weighted by atomic mass is 10.0. The van der Waals surface area contributed by atoms with Crippen LogP contribution in [-0.2, 0) is 10.0 Å². The number of Topliss-reactive ketones (excluding diaryl/α,β-unsaturated/α-hetero) is 1. The molecule has 1 fully saturated rings. The zero-order chi connectivity index (χ0) is 19.4. The topological polar surface area (TPSA) is 63.7 Å². The number of hydrogen-bond acceptors (Lipinski definition) is 4. The van der Waals surface area contributed by atoms with E-state index in [-0.39, 0.29) is 16.6 Å². The van der Waals surface area contributed by atoms with E-state index in [0.29, 0.717) is 25.3 Å². The van der Waals surface area contributed by atoms with Crippen molar-refractivity contribution in [3.63, 3.8) is 0 Å². The molecule has 0 bridgehead atoms. The molecule has 1 aliphatic rings. The van der Waals surface area contributed by atoms with Crippen molar-refractivity contribution in [1.29, 1.82) is 0 Å². The van der Waals surface area contributed by atoms with Gasteiger partial charge in [-0.3, -0.25) is 4.79 Å². The van der Waals surface area contributed by atoms with Crippen molar-refractivity contribution in [2.24, 2.45) is 5.92 Å². The molecule has 1 saturated heterocycles. The van der Waals surface area contributed by atoms with Crippen LogP contribution < -0.4 is 4.74 Å². The molecule has 2 aromatic rings. The summed E-state index contributed by atoms with van der Waals surface area (Å²) in [6.45, 7) is 4.92. The van der Waals surface area contributed by atoms with E-state index in [2.05, 4.69) is 0 Å². The molecule has 0 spiro atoms. The number of ether oxygens (including phenoxy) is 1. The molecule has 27 heavy (non-hydrogen) atoms. The summed E-state index contributed by atoms with van der Waals surface area (Å²) in [4.78, 5) is 11.6. The van der Waals surface area contributed by atoms with Crippen LogP contribution in [0.25, 0.3) is 0 Å². The molecule has 3 rings (SSSR count). The van der Waals surface area contributed by atoms with Crippen molar-refractivity contribution in [3.8, 4) is 5.75 Å². The van der Waals surface area contributed by atoms with Gasteiger partial charge >= 0.3 is 0 Å². The molecule has 0 saturated carbocycles. The van der Waals surface area contributed by atoms with Crippen molar-refractivity contribution in [1.82, 2.24) is 4.31 Å². The van der Waals surface area contributed by atoms with Gasteiger partial charge in [-0.1, -0.05) is 30.3 Å². The van der Waals surface area contributed by atoms with Crippen LogP contribution in [0.2, 0.25) is 0 Å². The lowest BCUT2D eigenvalue weighted by Gasteiger charge is -2.32. The molecule has 144 valence electrons. The second-order valence-corrected chi connectivity index (χ2v) is 8.97. The molecule has 0 aromatic heterocycles. The number of nitrogens with zero attached hydrogens (tertiary/aromatic N) is 1. The minimum Gasteiger partial charge on any atom is -0.493 e. The van der Waals surface area contributed by atoms with Gasteiger partial charge in [0, 0.05) is 24.6 Å². The smallest absolute Gasteiger partial charge is 0.243 e. The monoisotopic (exact) mass is 387 g/mol. The molecule has 1 unspecified atom stereocenters. The summed E-state index contributed by atoms with van der Waals surface area (Å²) >= 11 is 0. The summed E-state index contributed by atoms with van der Waals surface area (Å²) in [5.41, 5.74) is 1.58. The number of para-hydroxylation sites is 1. The maximum Gasteiger partial charge on any atom is 0.243 e. The molecular weight excluding hydrogens is 362 g/mol. The Kier molecular flexibility index (Phi) is 5.97. The van der Waals surface area contributed by atoms with Crippen molar-refractivity contribution >= 4 is 15.8 Å².